The van der Waals surface area contributed by atoms with E-state index < -0.39 is 0 Å². The molecule has 3 heterocycles. The molecule has 0 bridgehead atoms. The highest BCUT2D eigenvalue weighted by Gasteiger charge is 2.26. The van der Waals surface area contributed by atoms with E-state index in [1.54, 1.807) is 12.4 Å². The smallest absolute Gasteiger partial charge is 0.324 e. The summed E-state index contributed by atoms with van der Waals surface area (Å²) in [6, 6.07) is 3.36. The molecule has 0 spiro atoms. The lowest BCUT2D eigenvalue weighted by molar-refractivity contribution is -0.124. The number of urea groups is 1. The van der Waals surface area contributed by atoms with Crippen molar-refractivity contribution in [3.8, 4) is 11.4 Å². The Kier molecular flexibility index (Phi) is 4.05. The molecule has 1 aliphatic rings. The van der Waals surface area contributed by atoms with Crippen molar-refractivity contribution < 1.29 is 9.59 Å². The van der Waals surface area contributed by atoms with Crippen LogP contribution in [-0.4, -0.2) is 55.4 Å². The normalized spacial score (nSPS) is 14.2. The molecule has 2 aromatic heterocycles. The van der Waals surface area contributed by atoms with Crippen LogP contribution in [0.5, 0.6) is 0 Å². The van der Waals surface area contributed by atoms with Crippen molar-refractivity contribution in [3.05, 3.63) is 24.5 Å². The summed E-state index contributed by atoms with van der Waals surface area (Å²) in [5, 5.41) is 11.5. The number of rotatable bonds is 4. The van der Waals surface area contributed by atoms with Gasteiger partial charge in [0, 0.05) is 38.1 Å². The molecule has 22 heavy (non-hydrogen) atoms. The van der Waals surface area contributed by atoms with Crippen LogP contribution in [0.25, 0.3) is 11.4 Å². The van der Waals surface area contributed by atoms with E-state index in [9.17, 15) is 9.59 Å². The van der Waals surface area contributed by atoms with Crippen molar-refractivity contribution in [2.75, 3.05) is 18.8 Å². The lowest BCUT2D eigenvalue weighted by atomic mass is 10.2. The van der Waals surface area contributed by atoms with E-state index in [1.165, 1.54) is 16.7 Å². The fraction of sp³-hybridized carbons (Fsp3) is 0.308. The maximum absolute atomic E-state index is 12.0. The minimum atomic E-state index is -0.332. The van der Waals surface area contributed by atoms with Gasteiger partial charge in [0.2, 0.25) is 5.91 Å². The van der Waals surface area contributed by atoms with Gasteiger partial charge < -0.3 is 9.88 Å². The Bertz CT molecular complexity index is 702. The summed E-state index contributed by atoms with van der Waals surface area (Å²) in [5.41, 5.74) is 0.905. The number of hydrogen-bond donors (Lipinski definition) is 1. The van der Waals surface area contributed by atoms with Gasteiger partial charge in [0.05, 0.1) is 5.75 Å². The second-order valence-electron chi connectivity index (χ2n) is 4.67. The average Bonchev–Trinajstić information content (AvgIpc) is 3.12. The van der Waals surface area contributed by atoms with Crippen LogP contribution < -0.4 is 5.32 Å². The third-order valence-electron chi connectivity index (χ3n) is 3.26. The van der Waals surface area contributed by atoms with Crippen LogP contribution in [0.2, 0.25) is 0 Å². The van der Waals surface area contributed by atoms with Crippen molar-refractivity contribution in [2.24, 2.45) is 7.05 Å². The van der Waals surface area contributed by atoms with Gasteiger partial charge in [-0.3, -0.25) is 14.7 Å². The SMILES string of the molecule is Cn1c(SCC(=O)N2CCNC2=O)nnc1-c1ccncc1. The van der Waals surface area contributed by atoms with E-state index in [0.717, 1.165) is 5.56 Å². The van der Waals surface area contributed by atoms with E-state index >= 15 is 0 Å². The molecular formula is C13H14N6O2S. The Balaban J connectivity index is 1.68. The topological polar surface area (TPSA) is 93.0 Å². The van der Waals surface area contributed by atoms with Crippen LogP contribution in [-0.2, 0) is 11.8 Å². The Hall–Kier alpha value is -2.42. The second-order valence-corrected chi connectivity index (χ2v) is 5.61. The average molecular weight is 318 g/mol. The first-order chi connectivity index (χ1) is 10.7. The molecular weight excluding hydrogens is 304 g/mol. The Morgan fingerprint density at radius 1 is 1.36 bits per heavy atom. The van der Waals surface area contributed by atoms with Crippen LogP contribution >= 0.6 is 11.8 Å². The summed E-state index contributed by atoms with van der Waals surface area (Å²) < 4.78 is 1.82. The fourth-order valence-electron chi connectivity index (χ4n) is 2.11. The molecule has 0 radical (unpaired) electrons. The monoisotopic (exact) mass is 318 g/mol. The number of amides is 3. The van der Waals surface area contributed by atoms with E-state index in [4.69, 9.17) is 0 Å². The number of aromatic nitrogens is 4. The lowest BCUT2D eigenvalue weighted by Gasteiger charge is -2.11. The van der Waals surface area contributed by atoms with Crippen molar-refractivity contribution >= 4 is 23.7 Å². The molecule has 1 fully saturated rings. The molecule has 1 saturated heterocycles. The van der Waals surface area contributed by atoms with Gasteiger partial charge in [-0.1, -0.05) is 11.8 Å². The molecule has 0 aromatic carbocycles. The molecule has 0 unspecified atom stereocenters. The minimum absolute atomic E-state index is 0.149. The molecule has 3 rings (SSSR count). The molecule has 0 saturated carbocycles. The molecule has 0 aliphatic carbocycles. The van der Waals surface area contributed by atoms with Crippen molar-refractivity contribution in [3.63, 3.8) is 0 Å². The maximum atomic E-state index is 12.0. The number of pyridine rings is 1. The standard InChI is InChI=1S/C13H14N6O2S/c1-18-11(9-2-4-14-5-3-9)16-17-13(18)22-8-10(20)19-7-6-15-12(19)21/h2-5H,6-8H2,1H3,(H,15,21). The van der Waals surface area contributed by atoms with E-state index in [1.807, 2.05) is 23.7 Å². The Morgan fingerprint density at radius 3 is 2.82 bits per heavy atom. The zero-order chi connectivity index (χ0) is 15.5. The third kappa shape index (κ3) is 2.80. The van der Waals surface area contributed by atoms with Gasteiger partial charge in [-0.15, -0.1) is 10.2 Å². The Morgan fingerprint density at radius 2 is 2.14 bits per heavy atom. The van der Waals surface area contributed by atoms with Gasteiger partial charge in [0.25, 0.3) is 0 Å². The highest BCUT2D eigenvalue weighted by molar-refractivity contribution is 7.99. The highest BCUT2D eigenvalue weighted by atomic mass is 32.2. The summed E-state index contributed by atoms with van der Waals surface area (Å²) in [4.78, 5) is 28.6. The first-order valence-corrected chi connectivity index (χ1v) is 7.66. The summed E-state index contributed by atoms with van der Waals surface area (Å²) >= 11 is 1.26. The zero-order valence-electron chi connectivity index (χ0n) is 11.9. The van der Waals surface area contributed by atoms with Gasteiger partial charge >= 0.3 is 6.03 Å². The summed E-state index contributed by atoms with van der Waals surface area (Å²) in [5.74, 6) is 0.625. The summed E-state index contributed by atoms with van der Waals surface area (Å²) in [6.07, 6.45) is 3.37. The minimum Gasteiger partial charge on any atom is -0.336 e. The van der Waals surface area contributed by atoms with Crippen LogP contribution in [0.4, 0.5) is 4.79 Å². The number of hydrogen-bond acceptors (Lipinski definition) is 6. The predicted molar refractivity (Wildman–Crippen MR) is 80.1 cm³/mol. The number of nitrogens with one attached hydrogen (secondary N) is 1. The number of nitrogens with zero attached hydrogens (tertiary/aromatic N) is 5. The molecule has 2 aromatic rings. The number of carbonyl (C=O) groups excluding carboxylic acids is 2. The first-order valence-electron chi connectivity index (χ1n) is 6.67. The van der Waals surface area contributed by atoms with Gasteiger partial charge in [-0.25, -0.2) is 4.79 Å². The van der Waals surface area contributed by atoms with Crippen molar-refractivity contribution in [2.45, 2.75) is 5.16 Å². The van der Waals surface area contributed by atoms with E-state index in [2.05, 4.69) is 20.5 Å². The van der Waals surface area contributed by atoms with Gasteiger partial charge in [0.1, 0.15) is 0 Å². The van der Waals surface area contributed by atoms with Crippen LogP contribution in [0.3, 0.4) is 0 Å². The van der Waals surface area contributed by atoms with Crippen LogP contribution in [0, 0.1) is 0 Å². The molecule has 8 nitrogen and oxygen atoms in total. The van der Waals surface area contributed by atoms with Gasteiger partial charge in [0.15, 0.2) is 11.0 Å². The van der Waals surface area contributed by atoms with Crippen molar-refractivity contribution in [1.82, 2.24) is 30.0 Å². The largest absolute Gasteiger partial charge is 0.336 e. The third-order valence-corrected chi connectivity index (χ3v) is 4.26. The second kappa shape index (κ2) is 6.14. The Labute approximate surface area is 130 Å². The van der Waals surface area contributed by atoms with E-state index in [0.29, 0.717) is 24.1 Å². The quantitative estimate of drug-likeness (QED) is 0.826. The summed E-state index contributed by atoms with van der Waals surface area (Å²) in [6.45, 7) is 0.921. The van der Waals surface area contributed by atoms with Crippen LogP contribution in [0.1, 0.15) is 0 Å². The van der Waals surface area contributed by atoms with Gasteiger partial charge in [-0.2, -0.15) is 0 Å². The molecule has 1 aliphatic heterocycles. The molecule has 9 heteroatoms. The molecule has 3 amide bonds. The maximum Gasteiger partial charge on any atom is 0.324 e. The first kappa shape index (κ1) is 14.5. The lowest BCUT2D eigenvalue weighted by Crippen LogP contribution is -2.35. The predicted octanol–water partition coefficient (Wildman–Crippen LogP) is 0.521. The number of thioether (sulfide) groups is 1. The zero-order valence-corrected chi connectivity index (χ0v) is 12.7. The van der Waals surface area contributed by atoms with Crippen LogP contribution in [0.15, 0.2) is 29.7 Å². The highest BCUT2D eigenvalue weighted by Crippen LogP contribution is 2.22. The fourth-order valence-corrected chi connectivity index (χ4v) is 2.89. The number of carbonyl (C=O) groups is 2. The molecule has 0 atom stereocenters. The van der Waals surface area contributed by atoms with E-state index in [-0.39, 0.29) is 17.7 Å². The summed E-state index contributed by atoms with van der Waals surface area (Å²) in [7, 11) is 1.84. The molecule has 1 N–H and O–H groups in total. The molecule has 114 valence electrons. The number of imide groups is 1. The van der Waals surface area contributed by atoms with Crippen molar-refractivity contribution in [1.29, 1.82) is 0 Å². The van der Waals surface area contributed by atoms with Gasteiger partial charge in [-0.05, 0) is 12.1 Å².